The smallest absolute Gasteiger partial charge is 0.219 e. The quantitative estimate of drug-likeness (QED) is 0.353. The van der Waals surface area contributed by atoms with E-state index in [1.807, 2.05) is 0 Å². The highest BCUT2D eigenvalue weighted by Gasteiger charge is 2.51. The van der Waals surface area contributed by atoms with E-state index in [0.29, 0.717) is 0 Å². The molecular formula is C6H12O5. The predicted molar refractivity (Wildman–Crippen MR) is 34.6 cm³/mol. The third-order valence-corrected chi connectivity index (χ3v) is 1.88. The Hall–Kier alpha value is -0.200. The van der Waals surface area contributed by atoms with Gasteiger partial charge < -0.3 is 25.2 Å². The largest absolute Gasteiger partial charge is 0.391 e. The Balaban J connectivity index is 2.73. The monoisotopic (exact) mass is 164 g/mol. The van der Waals surface area contributed by atoms with Crippen LogP contribution in [-0.2, 0) is 4.74 Å². The maximum atomic E-state index is 9.23. The summed E-state index contributed by atoms with van der Waals surface area (Å²) in [5, 5.41) is 36.0. The minimum atomic E-state index is -2.00. The minimum Gasteiger partial charge on any atom is -0.391 e. The Morgan fingerprint density at radius 3 is 2.18 bits per heavy atom. The molecule has 0 radical (unpaired) electrons. The zero-order valence-electron chi connectivity index (χ0n) is 6.14. The number of aliphatic hydroxyl groups is 4. The van der Waals surface area contributed by atoms with Gasteiger partial charge in [0.1, 0.15) is 12.2 Å². The van der Waals surface area contributed by atoms with E-state index < -0.39 is 30.7 Å². The molecule has 0 aliphatic carbocycles. The van der Waals surface area contributed by atoms with E-state index in [1.165, 1.54) is 6.92 Å². The number of hydrogen-bond donors (Lipinski definition) is 4. The SMILES string of the molecule is C[C@@H]1OC(O)(CO)[C@@H](O)[C@@H]1O. The Bertz CT molecular complexity index is 150. The third-order valence-electron chi connectivity index (χ3n) is 1.88. The van der Waals surface area contributed by atoms with Gasteiger partial charge in [0.2, 0.25) is 5.79 Å². The molecule has 4 N–H and O–H groups in total. The normalized spacial score (nSPS) is 51.5. The van der Waals surface area contributed by atoms with Crippen LogP contribution in [0.15, 0.2) is 0 Å². The topological polar surface area (TPSA) is 90.2 Å². The lowest BCUT2D eigenvalue weighted by Crippen LogP contribution is -2.46. The summed E-state index contributed by atoms with van der Waals surface area (Å²) in [5.41, 5.74) is 0. The number of hydrogen-bond acceptors (Lipinski definition) is 5. The molecule has 66 valence electrons. The first kappa shape index (κ1) is 8.89. The highest BCUT2D eigenvalue weighted by Crippen LogP contribution is 2.28. The lowest BCUT2D eigenvalue weighted by atomic mass is 10.1. The first-order chi connectivity index (χ1) is 5.01. The van der Waals surface area contributed by atoms with E-state index in [1.54, 1.807) is 0 Å². The molecule has 0 saturated carbocycles. The van der Waals surface area contributed by atoms with E-state index in [-0.39, 0.29) is 0 Å². The van der Waals surface area contributed by atoms with Crippen LogP contribution in [0.4, 0.5) is 0 Å². The van der Waals surface area contributed by atoms with Crippen LogP contribution >= 0.6 is 0 Å². The van der Waals surface area contributed by atoms with Gasteiger partial charge in [-0.15, -0.1) is 0 Å². The maximum Gasteiger partial charge on any atom is 0.219 e. The molecule has 1 heterocycles. The molecule has 0 aromatic rings. The molecule has 1 fully saturated rings. The van der Waals surface area contributed by atoms with Gasteiger partial charge in [-0.05, 0) is 6.92 Å². The second kappa shape index (κ2) is 2.69. The summed E-state index contributed by atoms with van der Waals surface area (Å²) in [7, 11) is 0. The van der Waals surface area contributed by atoms with Gasteiger partial charge in [-0.3, -0.25) is 0 Å². The van der Waals surface area contributed by atoms with E-state index >= 15 is 0 Å². The molecule has 1 aliphatic heterocycles. The molecule has 5 nitrogen and oxygen atoms in total. The highest BCUT2D eigenvalue weighted by molar-refractivity contribution is 4.93. The summed E-state index contributed by atoms with van der Waals surface area (Å²) in [6.45, 7) is 0.775. The fourth-order valence-corrected chi connectivity index (χ4v) is 1.12. The Morgan fingerprint density at radius 1 is 1.45 bits per heavy atom. The number of aliphatic hydroxyl groups excluding tert-OH is 3. The summed E-state index contributed by atoms with van der Waals surface area (Å²) in [5.74, 6) is -2.00. The average Bonchev–Trinajstić information content (AvgIpc) is 2.17. The summed E-state index contributed by atoms with van der Waals surface area (Å²) in [6.07, 6.45) is -3.25. The van der Waals surface area contributed by atoms with E-state index in [9.17, 15) is 5.11 Å². The van der Waals surface area contributed by atoms with Crippen LogP contribution in [0.1, 0.15) is 6.92 Å². The number of ether oxygens (including phenoxy) is 1. The van der Waals surface area contributed by atoms with Crippen molar-refractivity contribution in [3.63, 3.8) is 0 Å². The van der Waals surface area contributed by atoms with Crippen molar-refractivity contribution in [3.05, 3.63) is 0 Å². The molecule has 0 amide bonds. The Kier molecular flexibility index (Phi) is 2.17. The molecule has 0 spiro atoms. The zero-order chi connectivity index (χ0) is 8.65. The Labute approximate surface area is 63.8 Å². The molecule has 1 rings (SSSR count). The number of rotatable bonds is 1. The minimum absolute atomic E-state index is 0.665. The highest BCUT2D eigenvalue weighted by atomic mass is 16.7. The lowest BCUT2D eigenvalue weighted by molar-refractivity contribution is -0.243. The molecule has 1 aliphatic rings. The van der Waals surface area contributed by atoms with Gasteiger partial charge in [0, 0.05) is 0 Å². The molecule has 0 bridgehead atoms. The summed E-state index contributed by atoms with van der Waals surface area (Å²) in [4.78, 5) is 0. The average molecular weight is 164 g/mol. The third kappa shape index (κ3) is 1.25. The van der Waals surface area contributed by atoms with Crippen LogP contribution in [0.2, 0.25) is 0 Å². The van der Waals surface area contributed by atoms with Gasteiger partial charge in [0.25, 0.3) is 0 Å². The molecule has 11 heavy (non-hydrogen) atoms. The molecule has 0 aromatic carbocycles. The zero-order valence-corrected chi connectivity index (χ0v) is 6.14. The van der Waals surface area contributed by atoms with Crippen molar-refractivity contribution in [3.8, 4) is 0 Å². The van der Waals surface area contributed by atoms with Crippen molar-refractivity contribution in [2.75, 3.05) is 6.61 Å². The second-order valence-corrected chi connectivity index (χ2v) is 2.76. The van der Waals surface area contributed by atoms with E-state index in [2.05, 4.69) is 0 Å². The molecule has 1 saturated heterocycles. The van der Waals surface area contributed by atoms with Crippen molar-refractivity contribution < 1.29 is 25.2 Å². The van der Waals surface area contributed by atoms with Gasteiger partial charge in [0.05, 0.1) is 12.7 Å². The van der Waals surface area contributed by atoms with Crippen molar-refractivity contribution in [2.45, 2.75) is 31.0 Å². The van der Waals surface area contributed by atoms with Crippen molar-refractivity contribution in [1.29, 1.82) is 0 Å². The van der Waals surface area contributed by atoms with Crippen LogP contribution in [0.5, 0.6) is 0 Å². The van der Waals surface area contributed by atoms with E-state index in [0.717, 1.165) is 0 Å². The first-order valence-electron chi connectivity index (χ1n) is 3.38. The lowest BCUT2D eigenvalue weighted by Gasteiger charge is -2.22. The Morgan fingerprint density at radius 2 is 2.00 bits per heavy atom. The predicted octanol–water partition coefficient (Wildman–Crippen LogP) is -2.19. The van der Waals surface area contributed by atoms with Crippen molar-refractivity contribution in [1.82, 2.24) is 0 Å². The van der Waals surface area contributed by atoms with Crippen molar-refractivity contribution >= 4 is 0 Å². The van der Waals surface area contributed by atoms with Gasteiger partial charge in [-0.2, -0.15) is 0 Å². The van der Waals surface area contributed by atoms with Crippen LogP contribution in [0.25, 0.3) is 0 Å². The van der Waals surface area contributed by atoms with Gasteiger partial charge in [0.15, 0.2) is 0 Å². The van der Waals surface area contributed by atoms with Crippen LogP contribution in [0, 0.1) is 0 Å². The van der Waals surface area contributed by atoms with Gasteiger partial charge in [-0.25, -0.2) is 0 Å². The summed E-state index contributed by atoms with van der Waals surface area (Å²) < 4.78 is 4.73. The van der Waals surface area contributed by atoms with Crippen LogP contribution in [-0.4, -0.2) is 51.1 Å². The molecule has 1 unspecified atom stereocenters. The maximum absolute atomic E-state index is 9.23. The van der Waals surface area contributed by atoms with Crippen LogP contribution < -0.4 is 0 Å². The first-order valence-corrected chi connectivity index (χ1v) is 3.38. The van der Waals surface area contributed by atoms with Gasteiger partial charge in [-0.1, -0.05) is 0 Å². The summed E-state index contributed by atoms with van der Waals surface area (Å²) >= 11 is 0. The fourth-order valence-electron chi connectivity index (χ4n) is 1.12. The molecular weight excluding hydrogens is 152 g/mol. The molecule has 5 heteroatoms. The van der Waals surface area contributed by atoms with Gasteiger partial charge >= 0.3 is 0 Å². The summed E-state index contributed by atoms with van der Waals surface area (Å²) in [6, 6.07) is 0. The van der Waals surface area contributed by atoms with E-state index in [4.69, 9.17) is 20.1 Å². The molecule has 4 atom stereocenters. The van der Waals surface area contributed by atoms with Crippen molar-refractivity contribution in [2.24, 2.45) is 0 Å². The second-order valence-electron chi connectivity index (χ2n) is 2.76. The standard InChI is InChI=1S/C6H12O5/c1-3-4(8)5(9)6(10,2-7)11-3/h3-5,7-10H,2H2,1H3/t3-,4+,5-,6?/m0/s1. The van der Waals surface area contributed by atoms with Crippen LogP contribution in [0.3, 0.4) is 0 Å². The fraction of sp³-hybridized carbons (Fsp3) is 1.00. The molecule has 0 aromatic heterocycles.